The highest BCUT2D eigenvalue weighted by atomic mass is 16.5. The number of nitrogens with zero attached hydrogens (tertiary/aromatic N) is 5. The third-order valence-electron chi connectivity index (χ3n) is 5.77. The van der Waals surface area contributed by atoms with Crippen LogP contribution in [0.3, 0.4) is 0 Å². The molecule has 0 saturated heterocycles. The zero-order valence-corrected chi connectivity index (χ0v) is 18.6. The Balaban J connectivity index is 1.71. The number of nitrogens with one attached hydrogen (secondary N) is 2. The quantitative estimate of drug-likeness (QED) is 0.523. The molecule has 4 N–H and O–H groups in total. The van der Waals surface area contributed by atoms with Crippen LogP contribution in [0.15, 0.2) is 36.4 Å². The van der Waals surface area contributed by atoms with Gasteiger partial charge in [0, 0.05) is 12.6 Å². The third-order valence-corrected chi connectivity index (χ3v) is 5.77. The Labute approximate surface area is 191 Å². The fourth-order valence-corrected chi connectivity index (χ4v) is 3.81. The number of hydrogen-bond acceptors (Lipinski definition) is 9. The second kappa shape index (κ2) is 9.10. The minimum atomic E-state index is -0.790. The first kappa shape index (κ1) is 22.0. The molecule has 1 amide bonds. The molecule has 1 unspecified atom stereocenters. The van der Waals surface area contributed by atoms with E-state index in [1.54, 1.807) is 31.4 Å². The van der Waals surface area contributed by atoms with Crippen LogP contribution in [0.5, 0.6) is 5.75 Å². The molecule has 1 aromatic heterocycles. The Bertz CT molecular complexity index is 1250. The van der Waals surface area contributed by atoms with Gasteiger partial charge in [0.2, 0.25) is 5.95 Å². The van der Waals surface area contributed by atoms with E-state index in [0.717, 1.165) is 13.0 Å². The van der Waals surface area contributed by atoms with E-state index in [-0.39, 0.29) is 23.5 Å². The van der Waals surface area contributed by atoms with Crippen LogP contribution in [0.25, 0.3) is 0 Å². The minimum absolute atomic E-state index is 0.0905. The summed E-state index contributed by atoms with van der Waals surface area (Å²) in [4.78, 5) is 18.6. The van der Waals surface area contributed by atoms with E-state index in [4.69, 9.17) is 10.5 Å². The second-order valence-electron chi connectivity index (χ2n) is 7.76. The maximum Gasteiger partial charge on any atom is 0.273 e. The van der Waals surface area contributed by atoms with Crippen LogP contribution in [0, 0.1) is 11.3 Å². The van der Waals surface area contributed by atoms with Crippen molar-refractivity contribution >= 4 is 29.0 Å². The lowest BCUT2D eigenvalue weighted by molar-refractivity contribution is 0.0995. The third kappa shape index (κ3) is 4.40. The van der Waals surface area contributed by atoms with E-state index in [1.807, 2.05) is 12.1 Å². The van der Waals surface area contributed by atoms with E-state index in [2.05, 4.69) is 50.8 Å². The highest BCUT2D eigenvalue weighted by Gasteiger charge is 2.24. The standard InChI is InChI=1S/C23H24N8O2/c1-13-16-11-18(19(33-3)10-14(16)8-9-31(13)2)27-23-28-22(20(21(25)32)29-30-23)26-17-7-5-4-6-15(17)12-24/h4-7,10-11,13H,8-9H2,1-3H3,(H2,25,32)(H2,26,27,28,30). The summed E-state index contributed by atoms with van der Waals surface area (Å²) in [5.74, 6) is 0.0962. The first-order valence-corrected chi connectivity index (χ1v) is 10.4. The Morgan fingerprint density at radius 3 is 2.76 bits per heavy atom. The van der Waals surface area contributed by atoms with E-state index in [1.165, 1.54) is 11.1 Å². The number of rotatable bonds is 6. The van der Waals surface area contributed by atoms with Crippen molar-refractivity contribution in [1.29, 1.82) is 5.26 Å². The number of fused-ring (bicyclic) bond motifs is 1. The van der Waals surface area contributed by atoms with Gasteiger partial charge in [-0.2, -0.15) is 10.2 Å². The number of methoxy groups -OCH3 is 1. The number of carbonyl (C=O) groups excluding carboxylic acids is 1. The van der Waals surface area contributed by atoms with Crippen LogP contribution in [0.1, 0.15) is 40.1 Å². The maximum atomic E-state index is 11.9. The fraction of sp³-hybridized carbons (Fsp3) is 0.261. The van der Waals surface area contributed by atoms with Gasteiger partial charge >= 0.3 is 0 Å². The van der Waals surface area contributed by atoms with E-state index in [0.29, 0.717) is 22.7 Å². The van der Waals surface area contributed by atoms with Gasteiger partial charge in [0.1, 0.15) is 11.8 Å². The zero-order valence-electron chi connectivity index (χ0n) is 18.6. The van der Waals surface area contributed by atoms with Gasteiger partial charge in [-0.1, -0.05) is 12.1 Å². The average Bonchev–Trinajstić information content (AvgIpc) is 2.82. The van der Waals surface area contributed by atoms with Crippen LogP contribution in [-0.2, 0) is 6.42 Å². The SMILES string of the molecule is COc1cc2c(cc1Nc1nnc(C(N)=O)c(Nc3ccccc3C#N)n1)C(C)N(C)CC2. The normalized spacial score (nSPS) is 15.3. The molecule has 0 aliphatic carbocycles. The topological polar surface area (TPSA) is 142 Å². The van der Waals surface area contributed by atoms with Gasteiger partial charge in [-0.3, -0.25) is 9.69 Å². The summed E-state index contributed by atoms with van der Waals surface area (Å²) in [6.45, 7) is 3.13. The Morgan fingerprint density at radius 2 is 2.03 bits per heavy atom. The summed E-state index contributed by atoms with van der Waals surface area (Å²) in [6, 6.07) is 13.2. The lowest BCUT2D eigenvalue weighted by Gasteiger charge is -2.32. The summed E-state index contributed by atoms with van der Waals surface area (Å²) in [6.07, 6.45) is 0.935. The minimum Gasteiger partial charge on any atom is -0.495 e. The van der Waals surface area contributed by atoms with E-state index < -0.39 is 5.91 Å². The van der Waals surface area contributed by atoms with Crippen molar-refractivity contribution < 1.29 is 9.53 Å². The molecule has 1 aliphatic heterocycles. The lowest BCUT2D eigenvalue weighted by atomic mass is 9.93. The molecule has 168 valence electrons. The predicted octanol–water partition coefficient (Wildman–Crippen LogP) is 2.89. The van der Waals surface area contributed by atoms with Crippen molar-refractivity contribution in [1.82, 2.24) is 20.1 Å². The first-order chi connectivity index (χ1) is 15.9. The number of likely N-dealkylation sites (N-methyl/N-ethyl adjacent to an activating group) is 1. The van der Waals surface area contributed by atoms with Gasteiger partial charge in [0.05, 0.1) is 24.0 Å². The molecule has 1 aliphatic rings. The first-order valence-electron chi connectivity index (χ1n) is 10.4. The summed E-state index contributed by atoms with van der Waals surface area (Å²) in [7, 11) is 3.70. The van der Waals surface area contributed by atoms with Crippen LogP contribution in [0.4, 0.5) is 23.1 Å². The van der Waals surface area contributed by atoms with Gasteiger partial charge in [-0.05, 0) is 55.8 Å². The molecule has 0 saturated carbocycles. The number of nitriles is 1. The van der Waals surface area contributed by atoms with Gasteiger partial charge in [0.25, 0.3) is 5.91 Å². The van der Waals surface area contributed by atoms with Crippen LogP contribution in [0.2, 0.25) is 0 Å². The molecule has 10 heteroatoms. The summed E-state index contributed by atoms with van der Waals surface area (Å²) < 4.78 is 5.59. The molecule has 0 radical (unpaired) electrons. The van der Waals surface area contributed by atoms with Crippen molar-refractivity contribution in [2.75, 3.05) is 31.3 Å². The van der Waals surface area contributed by atoms with Crippen LogP contribution >= 0.6 is 0 Å². The van der Waals surface area contributed by atoms with Crippen molar-refractivity contribution in [2.45, 2.75) is 19.4 Å². The number of nitrogens with two attached hydrogens (primary N) is 1. The molecule has 33 heavy (non-hydrogen) atoms. The number of primary amides is 1. The molecule has 0 spiro atoms. The van der Waals surface area contributed by atoms with Crippen molar-refractivity contribution in [3.8, 4) is 11.8 Å². The summed E-state index contributed by atoms with van der Waals surface area (Å²) in [5.41, 5.74) is 9.28. The second-order valence-corrected chi connectivity index (χ2v) is 7.76. The number of amides is 1. The number of para-hydroxylation sites is 1. The number of aromatic nitrogens is 3. The van der Waals surface area contributed by atoms with Gasteiger partial charge in [-0.25, -0.2) is 0 Å². The highest BCUT2D eigenvalue weighted by molar-refractivity contribution is 5.96. The number of hydrogen-bond donors (Lipinski definition) is 3. The number of anilines is 4. The van der Waals surface area contributed by atoms with Gasteiger partial charge in [-0.15, -0.1) is 10.2 Å². The summed E-state index contributed by atoms with van der Waals surface area (Å²) >= 11 is 0. The molecule has 0 fully saturated rings. The largest absolute Gasteiger partial charge is 0.495 e. The number of carbonyl (C=O) groups is 1. The van der Waals surface area contributed by atoms with E-state index in [9.17, 15) is 10.1 Å². The predicted molar refractivity (Wildman–Crippen MR) is 124 cm³/mol. The Morgan fingerprint density at radius 1 is 1.24 bits per heavy atom. The lowest BCUT2D eigenvalue weighted by Crippen LogP contribution is -2.30. The molecule has 10 nitrogen and oxygen atoms in total. The van der Waals surface area contributed by atoms with Gasteiger partial charge < -0.3 is 21.1 Å². The zero-order chi connectivity index (χ0) is 23.5. The van der Waals surface area contributed by atoms with Crippen LogP contribution < -0.4 is 21.1 Å². The van der Waals surface area contributed by atoms with Crippen LogP contribution in [-0.4, -0.2) is 46.7 Å². The molecule has 2 heterocycles. The van der Waals surface area contributed by atoms with E-state index >= 15 is 0 Å². The van der Waals surface area contributed by atoms with Crippen molar-refractivity contribution in [3.63, 3.8) is 0 Å². The molecule has 0 bridgehead atoms. The maximum absolute atomic E-state index is 11.9. The molecule has 2 aromatic carbocycles. The monoisotopic (exact) mass is 444 g/mol. The Hall–Kier alpha value is -4.23. The summed E-state index contributed by atoms with van der Waals surface area (Å²) in [5, 5.41) is 23.4. The van der Waals surface area contributed by atoms with Gasteiger partial charge in [0.15, 0.2) is 11.5 Å². The molecule has 1 atom stereocenters. The number of ether oxygens (including phenoxy) is 1. The number of benzene rings is 2. The van der Waals surface area contributed by atoms with Crippen molar-refractivity contribution in [3.05, 3.63) is 58.8 Å². The average molecular weight is 444 g/mol. The fourth-order valence-electron chi connectivity index (χ4n) is 3.81. The smallest absolute Gasteiger partial charge is 0.273 e. The molecule has 3 aromatic rings. The molecular weight excluding hydrogens is 420 g/mol. The molecule has 4 rings (SSSR count). The van der Waals surface area contributed by atoms with Crippen molar-refractivity contribution in [2.24, 2.45) is 5.73 Å². The Kier molecular flexibility index (Phi) is 6.06. The highest BCUT2D eigenvalue weighted by Crippen LogP contribution is 2.37. The molecular formula is C23H24N8O2.